The maximum atomic E-state index is 12.8. The van der Waals surface area contributed by atoms with Gasteiger partial charge in [0.15, 0.2) is 0 Å². The standard InChI is InChI=1S/C21H22Cl2N2O4S/c1-5-25(6-2)20(27)18-12(3)17(21(28)29-4)19(30-18)24-16(26)10-8-13-7-9-14(22)11-15(13)23/h7-11H,5-6H2,1-4H3,(H,24,26)/b10-8+. The van der Waals surface area contributed by atoms with Gasteiger partial charge in [0.25, 0.3) is 5.91 Å². The van der Waals surface area contributed by atoms with E-state index in [2.05, 4.69) is 5.32 Å². The van der Waals surface area contributed by atoms with Crippen LogP contribution in [-0.4, -0.2) is 42.9 Å². The molecule has 2 aromatic rings. The SMILES string of the molecule is CCN(CC)C(=O)c1sc(NC(=O)/C=C/c2ccc(Cl)cc2Cl)c(C(=O)OC)c1C. The monoisotopic (exact) mass is 468 g/mol. The van der Waals surface area contributed by atoms with E-state index in [9.17, 15) is 14.4 Å². The van der Waals surface area contributed by atoms with Crippen molar-refractivity contribution in [2.45, 2.75) is 20.8 Å². The van der Waals surface area contributed by atoms with Gasteiger partial charge in [-0.25, -0.2) is 4.79 Å². The smallest absolute Gasteiger partial charge is 0.341 e. The minimum Gasteiger partial charge on any atom is -0.465 e. The molecule has 2 amide bonds. The van der Waals surface area contributed by atoms with Crippen molar-refractivity contribution in [3.05, 3.63) is 55.9 Å². The third-order valence-electron chi connectivity index (χ3n) is 4.39. The van der Waals surface area contributed by atoms with E-state index in [-0.39, 0.29) is 16.5 Å². The van der Waals surface area contributed by atoms with E-state index in [0.29, 0.717) is 39.1 Å². The fraction of sp³-hybridized carbons (Fsp3) is 0.286. The molecule has 160 valence electrons. The number of hydrogen-bond acceptors (Lipinski definition) is 5. The van der Waals surface area contributed by atoms with Crippen molar-refractivity contribution in [3.8, 4) is 0 Å². The molecule has 1 heterocycles. The number of benzene rings is 1. The van der Waals surface area contributed by atoms with Crippen LogP contribution in [0.2, 0.25) is 10.0 Å². The minimum atomic E-state index is -0.623. The summed E-state index contributed by atoms with van der Waals surface area (Å²) in [6, 6.07) is 4.92. The van der Waals surface area contributed by atoms with Crippen LogP contribution < -0.4 is 5.32 Å². The zero-order valence-electron chi connectivity index (χ0n) is 17.0. The number of amides is 2. The number of rotatable bonds is 7. The van der Waals surface area contributed by atoms with Gasteiger partial charge in [-0.2, -0.15) is 0 Å². The average Bonchev–Trinajstić information content (AvgIpc) is 3.03. The fourth-order valence-corrected chi connectivity index (χ4v) is 4.40. The van der Waals surface area contributed by atoms with E-state index in [4.69, 9.17) is 27.9 Å². The quantitative estimate of drug-likeness (QED) is 0.442. The largest absolute Gasteiger partial charge is 0.465 e. The molecule has 6 nitrogen and oxygen atoms in total. The first-order chi connectivity index (χ1) is 14.2. The number of nitrogens with one attached hydrogen (secondary N) is 1. The summed E-state index contributed by atoms with van der Waals surface area (Å²) in [7, 11) is 1.25. The fourth-order valence-electron chi connectivity index (χ4n) is 2.76. The van der Waals surface area contributed by atoms with Crippen LogP contribution in [-0.2, 0) is 9.53 Å². The zero-order valence-corrected chi connectivity index (χ0v) is 19.4. The number of ether oxygens (including phenoxy) is 1. The molecule has 0 radical (unpaired) electrons. The first kappa shape index (κ1) is 23.9. The molecule has 30 heavy (non-hydrogen) atoms. The Hall–Kier alpha value is -2.35. The summed E-state index contributed by atoms with van der Waals surface area (Å²) >= 11 is 13.0. The van der Waals surface area contributed by atoms with Crippen molar-refractivity contribution in [1.29, 1.82) is 0 Å². The summed E-state index contributed by atoms with van der Waals surface area (Å²) in [6.07, 6.45) is 2.82. The molecule has 0 unspecified atom stereocenters. The van der Waals surface area contributed by atoms with Crippen molar-refractivity contribution in [2.24, 2.45) is 0 Å². The topological polar surface area (TPSA) is 75.7 Å². The van der Waals surface area contributed by atoms with Crippen molar-refractivity contribution >= 4 is 63.4 Å². The number of nitrogens with zero attached hydrogens (tertiary/aromatic N) is 1. The number of halogens is 2. The van der Waals surface area contributed by atoms with Crippen LogP contribution in [0.25, 0.3) is 6.08 Å². The number of hydrogen-bond donors (Lipinski definition) is 1. The summed E-state index contributed by atoms with van der Waals surface area (Å²) in [5.41, 5.74) is 1.26. The van der Waals surface area contributed by atoms with Crippen LogP contribution in [0.3, 0.4) is 0 Å². The highest BCUT2D eigenvalue weighted by Crippen LogP contribution is 2.34. The molecule has 1 aromatic heterocycles. The predicted octanol–water partition coefficient (Wildman–Crippen LogP) is 5.28. The van der Waals surface area contributed by atoms with E-state index < -0.39 is 11.9 Å². The number of carbonyl (C=O) groups is 3. The number of thiophene rings is 1. The number of esters is 1. The summed E-state index contributed by atoms with van der Waals surface area (Å²) in [6.45, 7) is 6.49. The van der Waals surface area contributed by atoms with Gasteiger partial charge >= 0.3 is 5.97 Å². The third kappa shape index (κ3) is 5.41. The van der Waals surface area contributed by atoms with E-state index >= 15 is 0 Å². The number of methoxy groups -OCH3 is 1. The normalized spacial score (nSPS) is 10.9. The van der Waals surface area contributed by atoms with Gasteiger partial charge in [0.1, 0.15) is 5.00 Å². The van der Waals surface area contributed by atoms with Crippen LogP contribution in [0.5, 0.6) is 0 Å². The lowest BCUT2D eigenvalue weighted by Gasteiger charge is -2.17. The van der Waals surface area contributed by atoms with Gasteiger partial charge in [-0.15, -0.1) is 11.3 Å². The lowest BCUT2D eigenvalue weighted by Crippen LogP contribution is -2.30. The van der Waals surface area contributed by atoms with Crippen molar-refractivity contribution in [2.75, 3.05) is 25.5 Å². The lowest BCUT2D eigenvalue weighted by molar-refractivity contribution is -0.111. The molecule has 1 aromatic carbocycles. The second-order valence-electron chi connectivity index (χ2n) is 6.22. The van der Waals surface area contributed by atoms with E-state index in [1.807, 2.05) is 13.8 Å². The summed E-state index contributed by atoms with van der Waals surface area (Å²) in [5.74, 6) is -1.30. The average molecular weight is 469 g/mol. The molecule has 1 N–H and O–H groups in total. The molecule has 0 saturated carbocycles. The van der Waals surface area contributed by atoms with E-state index in [1.165, 1.54) is 19.3 Å². The lowest BCUT2D eigenvalue weighted by atomic mass is 10.1. The Morgan fingerprint density at radius 1 is 1.20 bits per heavy atom. The highest BCUT2D eigenvalue weighted by molar-refractivity contribution is 7.18. The Balaban J connectivity index is 2.34. The van der Waals surface area contributed by atoms with Crippen LogP contribution >= 0.6 is 34.5 Å². The van der Waals surface area contributed by atoms with E-state index in [1.54, 1.807) is 30.0 Å². The Labute approximate surface area is 189 Å². The second kappa shape index (κ2) is 10.6. The van der Waals surface area contributed by atoms with Gasteiger partial charge in [-0.1, -0.05) is 29.3 Å². The maximum absolute atomic E-state index is 12.8. The molecule has 0 bridgehead atoms. The number of anilines is 1. The van der Waals surface area contributed by atoms with Gasteiger partial charge in [0, 0.05) is 29.2 Å². The van der Waals surface area contributed by atoms with Crippen molar-refractivity contribution in [1.82, 2.24) is 4.90 Å². The Morgan fingerprint density at radius 3 is 2.43 bits per heavy atom. The minimum absolute atomic E-state index is 0.171. The van der Waals surface area contributed by atoms with Gasteiger partial charge < -0.3 is 15.0 Å². The van der Waals surface area contributed by atoms with Crippen molar-refractivity contribution < 1.29 is 19.1 Å². The molecule has 9 heteroatoms. The molecule has 0 spiro atoms. The van der Waals surface area contributed by atoms with Crippen LogP contribution in [0.15, 0.2) is 24.3 Å². The Kier molecular flexibility index (Phi) is 8.46. The molecular formula is C21H22Cl2N2O4S. The third-order valence-corrected chi connectivity index (χ3v) is 6.15. The van der Waals surface area contributed by atoms with Gasteiger partial charge in [0.2, 0.25) is 5.91 Å². The summed E-state index contributed by atoms with van der Waals surface area (Å²) < 4.78 is 4.85. The second-order valence-corrected chi connectivity index (χ2v) is 8.08. The molecule has 0 fully saturated rings. The van der Waals surface area contributed by atoms with Gasteiger partial charge in [-0.05, 0) is 50.1 Å². The first-order valence-corrected chi connectivity index (χ1v) is 10.8. The zero-order chi connectivity index (χ0) is 22.4. The Morgan fingerprint density at radius 2 is 1.87 bits per heavy atom. The molecule has 0 aliphatic heterocycles. The Bertz CT molecular complexity index is 997. The first-order valence-electron chi connectivity index (χ1n) is 9.18. The van der Waals surface area contributed by atoms with Gasteiger partial charge in [0.05, 0.1) is 17.6 Å². The molecule has 0 aliphatic carbocycles. The maximum Gasteiger partial charge on any atom is 0.341 e. The number of carbonyl (C=O) groups excluding carboxylic acids is 3. The van der Waals surface area contributed by atoms with Gasteiger partial charge in [-0.3, -0.25) is 9.59 Å². The predicted molar refractivity (Wildman–Crippen MR) is 122 cm³/mol. The summed E-state index contributed by atoms with van der Waals surface area (Å²) in [4.78, 5) is 39.6. The van der Waals surface area contributed by atoms with Crippen LogP contribution in [0, 0.1) is 6.92 Å². The molecular weight excluding hydrogens is 447 g/mol. The summed E-state index contributed by atoms with van der Waals surface area (Å²) in [5, 5.41) is 3.82. The van der Waals surface area contributed by atoms with Crippen LogP contribution in [0.4, 0.5) is 5.00 Å². The molecule has 0 saturated heterocycles. The highest BCUT2D eigenvalue weighted by Gasteiger charge is 2.27. The molecule has 2 rings (SSSR count). The van der Waals surface area contributed by atoms with E-state index in [0.717, 1.165) is 11.3 Å². The molecule has 0 aliphatic rings. The van der Waals surface area contributed by atoms with Crippen molar-refractivity contribution in [3.63, 3.8) is 0 Å². The highest BCUT2D eigenvalue weighted by atomic mass is 35.5. The molecule has 0 atom stereocenters. The van der Waals surface area contributed by atoms with Crippen LogP contribution in [0.1, 0.15) is 45.0 Å².